The van der Waals surface area contributed by atoms with Crippen LogP contribution < -0.4 is 0 Å². The molecule has 0 bridgehead atoms. The van der Waals surface area contributed by atoms with E-state index in [1.54, 1.807) is 24.3 Å². The van der Waals surface area contributed by atoms with E-state index >= 15 is 0 Å². The van der Waals surface area contributed by atoms with Crippen LogP contribution >= 0.6 is 0 Å². The molecule has 1 aliphatic rings. The molecule has 148 valence electrons. The number of carbonyl (C=O) groups excluding carboxylic acids is 1. The molecular weight excluding hydrogens is 388 g/mol. The van der Waals surface area contributed by atoms with Gasteiger partial charge < -0.3 is 4.74 Å². The van der Waals surface area contributed by atoms with Crippen LogP contribution in [0.4, 0.5) is 0 Å². The van der Waals surface area contributed by atoms with E-state index < -0.39 is 28.1 Å². The Labute approximate surface area is 169 Å². The summed E-state index contributed by atoms with van der Waals surface area (Å²) in [4.78, 5) is 16.7. The zero-order chi connectivity index (χ0) is 20.6. The molecule has 3 aromatic carbocycles. The second-order valence-corrected chi connectivity index (χ2v) is 8.78. The molecule has 0 N–H and O–H groups in total. The molecule has 2 unspecified atom stereocenters. The van der Waals surface area contributed by atoms with Gasteiger partial charge in [-0.15, -0.1) is 0 Å². The molecule has 7 heteroatoms. The maximum absolute atomic E-state index is 13.3. The summed E-state index contributed by atoms with van der Waals surface area (Å²) in [7, 11) is -2.63. The molecule has 0 saturated carbocycles. The van der Waals surface area contributed by atoms with Crippen molar-refractivity contribution in [3.05, 3.63) is 77.9 Å². The van der Waals surface area contributed by atoms with Gasteiger partial charge in [0.1, 0.15) is 12.4 Å². The van der Waals surface area contributed by atoms with Gasteiger partial charge in [0.2, 0.25) is 0 Å². The largest absolute Gasteiger partial charge is 0.467 e. The van der Waals surface area contributed by atoms with Crippen molar-refractivity contribution in [1.82, 2.24) is 4.31 Å². The maximum Gasteiger partial charge on any atom is 0.333 e. The summed E-state index contributed by atoms with van der Waals surface area (Å²) in [5.41, 5.74) is 1.63. The number of carbonyl (C=O) groups is 1. The van der Waals surface area contributed by atoms with Gasteiger partial charge in [0.15, 0.2) is 6.04 Å². The first-order chi connectivity index (χ1) is 13.9. The highest BCUT2D eigenvalue weighted by atomic mass is 32.2. The number of ether oxygens (including phenoxy) is 1. The van der Waals surface area contributed by atoms with Gasteiger partial charge in [0.05, 0.1) is 12.0 Å². The number of hydrogen-bond acceptors (Lipinski definition) is 5. The number of benzene rings is 3. The lowest BCUT2D eigenvalue weighted by molar-refractivity contribution is -0.142. The molecule has 0 fully saturated rings. The average molecular weight is 408 g/mol. The van der Waals surface area contributed by atoms with Crippen molar-refractivity contribution in [2.24, 2.45) is 4.99 Å². The molecule has 0 spiro atoms. The quantitative estimate of drug-likeness (QED) is 0.620. The van der Waals surface area contributed by atoms with Crippen molar-refractivity contribution < 1.29 is 17.9 Å². The van der Waals surface area contributed by atoms with E-state index in [-0.39, 0.29) is 4.90 Å². The predicted molar refractivity (Wildman–Crippen MR) is 111 cm³/mol. The molecule has 1 heterocycles. The molecule has 0 aliphatic carbocycles. The molecule has 0 amide bonds. The summed E-state index contributed by atoms with van der Waals surface area (Å²) in [6.07, 6.45) is 1.22. The van der Waals surface area contributed by atoms with Gasteiger partial charge in [-0.2, -0.15) is 0 Å². The molecule has 6 nitrogen and oxygen atoms in total. The SMILES string of the molecule is COC(=O)C1N=CN(S(=O)(=O)c2ccc(C)cc2)C1c1ccc2ccccc2c1. The van der Waals surface area contributed by atoms with E-state index in [1.807, 2.05) is 49.4 Å². The molecule has 4 rings (SSSR count). The number of aryl methyl sites for hydroxylation is 1. The fraction of sp³-hybridized carbons (Fsp3) is 0.182. The Morgan fingerprint density at radius 2 is 1.69 bits per heavy atom. The van der Waals surface area contributed by atoms with Gasteiger partial charge in [-0.25, -0.2) is 17.5 Å². The van der Waals surface area contributed by atoms with Crippen molar-refractivity contribution >= 4 is 33.1 Å². The minimum atomic E-state index is -3.90. The minimum absolute atomic E-state index is 0.144. The molecular formula is C22H20N2O4S. The van der Waals surface area contributed by atoms with Crippen molar-refractivity contribution in [3.8, 4) is 0 Å². The molecule has 1 aliphatic heterocycles. The Morgan fingerprint density at radius 3 is 2.38 bits per heavy atom. The first-order valence-electron chi connectivity index (χ1n) is 9.12. The first-order valence-corrected chi connectivity index (χ1v) is 10.6. The minimum Gasteiger partial charge on any atom is -0.467 e. The van der Waals surface area contributed by atoms with Crippen LogP contribution in [-0.4, -0.2) is 38.2 Å². The van der Waals surface area contributed by atoms with Gasteiger partial charge in [-0.05, 0) is 41.5 Å². The monoisotopic (exact) mass is 408 g/mol. The summed E-state index contributed by atoms with van der Waals surface area (Å²) in [6, 6.07) is 18.2. The lowest BCUT2D eigenvalue weighted by Gasteiger charge is -2.27. The molecule has 29 heavy (non-hydrogen) atoms. The third kappa shape index (κ3) is 3.38. The average Bonchev–Trinajstić information content (AvgIpc) is 3.19. The van der Waals surface area contributed by atoms with Crippen LogP contribution in [0.5, 0.6) is 0 Å². The fourth-order valence-electron chi connectivity index (χ4n) is 3.51. The predicted octanol–water partition coefficient (Wildman–Crippen LogP) is 3.46. The number of hydrogen-bond donors (Lipinski definition) is 0. The lowest BCUT2D eigenvalue weighted by Crippen LogP contribution is -2.37. The molecule has 0 radical (unpaired) electrons. The summed E-state index contributed by atoms with van der Waals surface area (Å²) in [6.45, 7) is 1.89. The van der Waals surface area contributed by atoms with Crippen LogP contribution in [-0.2, 0) is 19.6 Å². The van der Waals surface area contributed by atoms with Crippen LogP contribution in [0.3, 0.4) is 0 Å². The van der Waals surface area contributed by atoms with Crippen molar-refractivity contribution in [2.75, 3.05) is 7.11 Å². The van der Waals surface area contributed by atoms with E-state index in [2.05, 4.69) is 4.99 Å². The van der Waals surface area contributed by atoms with Crippen molar-refractivity contribution in [1.29, 1.82) is 0 Å². The van der Waals surface area contributed by atoms with Crippen molar-refractivity contribution in [2.45, 2.75) is 23.9 Å². The van der Waals surface area contributed by atoms with E-state index in [4.69, 9.17) is 4.74 Å². The highest BCUT2D eigenvalue weighted by Gasteiger charge is 2.43. The zero-order valence-corrected chi connectivity index (χ0v) is 16.8. The van der Waals surface area contributed by atoms with Crippen molar-refractivity contribution in [3.63, 3.8) is 0 Å². The summed E-state index contributed by atoms with van der Waals surface area (Å²) in [5, 5.41) is 1.98. The van der Waals surface area contributed by atoms with Gasteiger partial charge >= 0.3 is 5.97 Å². The molecule has 0 aromatic heterocycles. The number of aliphatic imine (C=N–C) groups is 1. The van der Waals surface area contributed by atoms with Gasteiger partial charge in [0, 0.05) is 0 Å². The first kappa shape index (κ1) is 19.1. The van der Waals surface area contributed by atoms with Gasteiger partial charge in [-0.1, -0.05) is 54.1 Å². The Morgan fingerprint density at radius 1 is 1.00 bits per heavy atom. The third-order valence-corrected chi connectivity index (χ3v) is 6.81. The molecule has 3 aromatic rings. The highest BCUT2D eigenvalue weighted by Crippen LogP contribution is 2.36. The van der Waals surface area contributed by atoms with Crippen LogP contribution in [0.1, 0.15) is 17.2 Å². The summed E-state index contributed by atoms with van der Waals surface area (Å²) in [5.74, 6) is -0.582. The molecule has 0 saturated heterocycles. The normalized spacial score (nSPS) is 18.9. The number of fused-ring (bicyclic) bond motifs is 1. The van der Waals surface area contributed by atoms with E-state index in [1.165, 1.54) is 13.4 Å². The van der Waals surface area contributed by atoms with Crippen LogP contribution in [0.15, 0.2) is 76.6 Å². The highest BCUT2D eigenvalue weighted by molar-refractivity contribution is 7.89. The van der Waals surface area contributed by atoms with Crippen LogP contribution in [0.2, 0.25) is 0 Å². The summed E-state index contributed by atoms with van der Waals surface area (Å²) >= 11 is 0. The standard InChI is InChI=1S/C22H20N2O4S/c1-15-7-11-19(12-8-15)29(26,27)24-14-23-20(22(25)28-2)21(24)18-10-9-16-5-3-4-6-17(16)13-18/h3-14,20-21H,1-2H3. The van der Waals surface area contributed by atoms with Crippen LogP contribution in [0, 0.1) is 6.92 Å². The Hall–Kier alpha value is -3.19. The second-order valence-electron chi connectivity index (χ2n) is 6.93. The number of nitrogens with zero attached hydrogens (tertiary/aromatic N) is 2. The van der Waals surface area contributed by atoms with E-state index in [0.29, 0.717) is 5.56 Å². The number of rotatable bonds is 4. The Balaban J connectivity index is 1.82. The molecule has 2 atom stereocenters. The fourth-order valence-corrected chi connectivity index (χ4v) is 4.94. The van der Waals surface area contributed by atoms with E-state index in [0.717, 1.165) is 20.6 Å². The second kappa shape index (κ2) is 7.33. The Kier molecular flexibility index (Phi) is 4.84. The van der Waals surface area contributed by atoms with Gasteiger partial charge in [-0.3, -0.25) is 4.99 Å². The third-order valence-electron chi connectivity index (χ3n) is 5.07. The lowest BCUT2D eigenvalue weighted by atomic mass is 9.97. The zero-order valence-electron chi connectivity index (χ0n) is 16.0. The number of methoxy groups -OCH3 is 1. The number of sulfonamides is 1. The Bertz CT molecular complexity index is 1200. The topological polar surface area (TPSA) is 76.0 Å². The van der Waals surface area contributed by atoms with Crippen LogP contribution in [0.25, 0.3) is 10.8 Å². The van der Waals surface area contributed by atoms with Gasteiger partial charge in [0.25, 0.3) is 10.0 Å². The van der Waals surface area contributed by atoms with E-state index in [9.17, 15) is 13.2 Å². The number of esters is 1. The summed E-state index contributed by atoms with van der Waals surface area (Å²) < 4.78 is 32.7. The smallest absolute Gasteiger partial charge is 0.333 e. The maximum atomic E-state index is 13.3.